The van der Waals surface area contributed by atoms with E-state index in [1.807, 2.05) is 12.1 Å². The maximum Gasteiger partial charge on any atom is 0.184 e. The lowest BCUT2D eigenvalue weighted by molar-refractivity contribution is -0.0441. The number of nitrogen functional groups attached to an aromatic ring is 1. The normalized spacial score (nSPS) is 17.1. The molecule has 74 valence electrons. The third kappa shape index (κ3) is 1.76. The van der Waals surface area contributed by atoms with E-state index in [1.54, 1.807) is 12.1 Å². The van der Waals surface area contributed by atoms with E-state index in [0.29, 0.717) is 18.8 Å². The summed E-state index contributed by atoms with van der Waals surface area (Å²) in [5.74, 6) is 0.0739. The molecule has 4 heteroatoms. The Kier molecular flexibility index (Phi) is 2.47. The molecule has 0 bridgehead atoms. The molecule has 1 aromatic rings. The average Bonchev–Trinajstić information content (AvgIpc) is 2.71. The van der Waals surface area contributed by atoms with Crippen molar-refractivity contribution in [2.24, 2.45) is 5.73 Å². The molecule has 0 saturated carbocycles. The van der Waals surface area contributed by atoms with E-state index in [4.69, 9.17) is 20.6 Å². The minimum absolute atomic E-state index is 0.0739. The average molecular weight is 192 g/mol. The maximum atomic E-state index is 7.23. The van der Waals surface area contributed by atoms with Gasteiger partial charge in [0, 0.05) is 11.1 Å². The van der Waals surface area contributed by atoms with Crippen molar-refractivity contribution in [1.82, 2.24) is 0 Å². The lowest BCUT2D eigenvalue weighted by Gasteiger charge is -2.09. The minimum Gasteiger partial charge on any atom is -0.384 e. The van der Waals surface area contributed by atoms with Gasteiger partial charge in [0.15, 0.2) is 6.29 Å². The fraction of sp³-hybridized carbons (Fsp3) is 0.300. The molecule has 1 fully saturated rings. The van der Waals surface area contributed by atoms with Gasteiger partial charge in [-0.3, -0.25) is 5.41 Å². The summed E-state index contributed by atoms with van der Waals surface area (Å²) in [6.07, 6.45) is -0.254. The van der Waals surface area contributed by atoms with Gasteiger partial charge < -0.3 is 15.2 Å². The summed E-state index contributed by atoms with van der Waals surface area (Å²) in [7, 11) is 0. The molecule has 0 aliphatic carbocycles. The first kappa shape index (κ1) is 9.18. The van der Waals surface area contributed by atoms with Gasteiger partial charge in [0.2, 0.25) is 0 Å². The highest BCUT2D eigenvalue weighted by Crippen LogP contribution is 2.22. The van der Waals surface area contributed by atoms with Crippen LogP contribution in [0.2, 0.25) is 0 Å². The highest BCUT2D eigenvalue weighted by atomic mass is 16.7. The SMILES string of the molecule is N=C(N)c1ccc(C2OCCO2)cc1. The Morgan fingerprint density at radius 2 is 1.79 bits per heavy atom. The monoisotopic (exact) mass is 192 g/mol. The molecule has 0 radical (unpaired) electrons. The van der Waals surface area contributed by atoms with Crippen LogP contribution in [0.5, 0.6) is 0 Å². The maximum absolute atomic E-state index is 7.23. The van der Waals surface area contributed by atoms with E-state index < -0.39 is 0 Å². The Labute approximate surface area is 82.1 Å². The van der Waals surface area contributed by atoms with E-state index in [0.717, 1.165) is 5.56 Å². The molecule has 4 nitrogen and oxygen atoms in total. The van der Waals surface area contributed by atoms with Crippen molar-refractivity contribution in [2.75, 3.05) is 13.2 Å². The number of amidine groups is 1. The summed E-state index contributed by atoms with van der Waals surface area (Å²) in [4.78, 5) is 0. The Morgan fingerprint density at radius 3 is 2.29 bits per heavy atom. The van der Waals surface area contributed by atoms with E-state index in [2.05, 4.69) is 0 Å². The fourth-order valence-corrected chi connectivity index (χ4v) is 1.37. The Morgan fingerprint density at radius 1 is 1.21 bits per heavy atom. The number of ether oxygens (including phenoxy) is 2. The number of nitrogens with one attached hydrogen (secondary N) is 1. The molecule has 1 heterocycles. The summed E-state index contributed by atoms with van der Waals surface area (Å²) < 4.78 is 10.7. The van der Waals surface area contributed by atoms with Crippen LogP contribution in [0.25, 0.3) is 0 Å². The quantitative estimate of drug-likeness (QED) is 0.543. The number of rotatable bonds is 2. The third-order valence-corrected chi connectivity index (χ3v) is 2.12. The zero-order chi connectivity index (χ0) is 9.97. The minimum atomic E-state index is -0.254. The van der Waals surface area contributed by atoms with Gasteiger partial charge in [-0.1, -0.05) is 24.3 Å². The van der Waals surface area contributed by atoms with Gasteiger partial charge in [0.25, 0.3) is 0 Å². The predicted molar refractivity (Wildman–Crippen MR) is 52.1 cm³/mol. The molecule has 1 saturated heterocycles. The summed E-state index contributed by atoms with van der Waals surface area (Å²) in [5, 5.41) is 7.23. The second-order valence-electron chi connectivity index (χ2n) is 3.11. The molecule has 3 N–H and O–H groups in total. The molecule has 0 atom stereocenters. The predicted octanol–water partition coefficient (Wildman–Crippen LogP) is 1.02. The van der Waals surface area contributed by atoms with Crippen LogP contribution >= 0.6 is 0 Å². The zero-order valence-corrected chi connectivity index (χ0v) is 7.69. The lowest BCUT2D eigenvalue weighted by atomic mass is 10.1. The van der Waals surface area contributed by atoms with Gasteiger partial charge in [-0.15, -0.1) is 0 Å². The van der Waals surface area contributed by atoms with Crippen LogP contribution < -0.4 is 5.73 Å². The molecule has 2 rings (SSSR count). The topological polar surface area (TPSA) is 68.3 Å². The molecule has 1 aromatic carbocycles. The van der Waals surface area contributed by atoms with Crippen molar-refractivity contribution in [3.63, 3.8) is 0 Å². The molecule has 1 aliphatic rings. The van der Waals surface area contributed by atoms with Crippen molar-refractivity contribution in [2.45, 2.75) is 6.29 Å². The molecule has 0 aromatic heterocycles. The number of hydrogen-bond donors (Lipinski definition) is 2. The van der Waals surface area contributed by atoms with Gasteiger partial charge in [-0.25, -0.2) is 0 Å². The van der Waals surface area contributed by atoms with Crippen LogP contribution in [-0.4, -0.2) is 19.0 Å². The van der Waals surface area contributed by atoms with Crippen molar-refractivity contribution < 1.29 is 9.47 Å². The fourth-order valence-electron chi connectivity index (χ4n) is 1.37. The first-order chi connectivity index (χ1) is 6.77. The van der Waals surface area contributed by atoms with Crippen molar-refractivity contribution >= 4 is 5.84 Å². The van der Waals surface area contributed by atoms with Crippen LogP contribution in [0.15, 0.2) is 24.3 Å². The Hall–Kier alpha value is -1.39. The highest BCUT2D eigenvalue weighted by Gasteiger charge is 2.17. The second kappa shape index (κ2) is 3.77. The largest absolute Gasteiger partial charge is 0.384 e. The summed E-state index contributed by atoms with van der Waals surface area (Å²) >= 11 is 0. The Balaban J connectivity index is 2.16. The van der Waals surface area contributed by atoms with Crippen molar-refractivity contribution in [3.05, 3.63) is 35.4 Å². The molecular formula is C10H12N2O2. The van der Waals surface area contributed by atoms with Crippen LogP contribution in [0, 0.1) is 5.41 Å². The van der Waals surface area contributed by atoms with Gasteiger partial charge in [-0.2, -0.15) is 0 Å². The van der Waals surface area contributed by atoms with Crippen LogP contribution in [0.3, 0.4) is 0 Å². The molecule has 1 aliphatic heterocycles. The van der Waals surface area contributed by atoms with E-state index >= 15 is 0 Å². The van der Waals surface area contributed by atoms with Crippen molar-refractivity contribution in [1.29, 1.82) is 5.41 Å². The van der Waals surface area contributed by atoms with Crippen LogP contribution in [-0.2, 0) is 9.47 Å². The zero-order valence-electron chi connectivity index (χ0n) is 7.69. The van der Waals surface area contributed by atoms with Crippen LogP contribution in [0.1, 0.15) is 17.4 Å². The second-order valence-corrected chi connectivity index (χ2v) is 3.11. The van der Waals surface area contributed by atoms with Crippen LogP contribution in [0.4, 0.5) is 0 Å². The van der Waals surface area contributed by atoms with Gasteiger partial charge in [0.1, 0.15) is 5.84 Å². The number of hydrogen-bond acceptors (Lipinski definition) is 3. The summed E-state index contributed by atoms with van der Waals surface area (Å²) in [6.45, 7) is 1.28. The first-order valence-electron chi connectivity index (χ1n) is 4.45. The standard InChI is InChI=1S/C10H12N2O2/c11-9(12)7-1-3-8(4-2-7)10-13-5-6-14-10/h1-4,10H,5-6H2,(H3,11,12). The smallest absolute Gasteiger partial charge is 0.184 e. The third-order valence-electron chi connectivity index (χ3n) is 2.12. The highest BCUT2D eigenvalue weighted by molar-refractivity contribution is 5.94. The van der Waals surface area contributed by atoms with E-state index in [9.17, 15) is 0 Å². The Bertz CT molecular complexity index is 328. The molecule has 14 heavy (non-hydrogen) atoms. The molecule has 0 amide bonds. The summed E-state index contributed by atoms with van der Waals surface area (Å²) in [5.41, 5.74) is 7.02. The van der Waals surface area contributed by atoms with E-state index in [1.165, 1.54) is 0 Å². The van der Waals surface area contributed by atoms with Gasteiger partial charge in [-0.05, 0) is 0 Å². The molecular weight excluding hydrogens is 180 g/mol. The molecule has 0 spiro atoms. The number of benzene rings is 1. The lowest BCUT2D eigenvalue weighted by Crippen LogP contribution is -2.11. The summed E-state index contributed by atoms with van der Waals surface area (Å²) in [6, 6.07) is 7.32. The first-order valence-corrected chi connectivity index (χ1v) is 4.45. The number of nitrogens with two attached hydrogens (primary N) is 1. The van der Waals surface area contributed by atoms with Crippen molar-refractivity contribution in [3.8, 4) is 0 Å². The molecule has 0 unspecified atom stereocenters. The van der Waals surface area contributed by atoms with E-state index in [-0.39, 0.29) is 12.1 Å². The van der Waals surface area contributed by atoms with Gasteiger partial charge in [0.05, 0.1) is 13.2 Å². The van der Waals surface area contributed by atoms with Gasteiger partial charge >= 0.3 is 0 Å².